The number of hydrogen-bond acceptors (Lipinski definition) is 5. The Balaban J connectivity index is 1.24. The molecule has 0 unspecified atom stereocenters. The number of anilines is 1. The zero-order valence-electron chi connectivity index (χ0n) is 20.1. The molecule has 1 aliphatic carbocycles. The Hall–Kier alpha value is -4.19. The lowest BCUT2D eigenvalue weighted by atomic mass is 9.96. The minimum absolute atomic E-state index is 0.344. The van der Waals surface area contributed by atoms with Crippen LogP contribution in [0.5, 0.6) is 0 Å². The highest BCUT2D eigenvalue weighted by molar-refractivity contribution is 6.10. The maximum atomic E-state index is 12.3. The normalized spacial score (nSPS) is 18.9. The minimum Gasteiger partial charge on any atom is -0.465 e. The van der Waals surface area contributed by atoms with Crippen LogP contribution in [0.15, 0.2) is 79.3 Å². The molecule has 0 N–H and O–H groups in total. The third-order valence-corrected chi connectivity index (χ3v) is 7.92. The summed E-state index contributed by atoms with van der Waals surface area (Å²) in [5.74, 6) is 0.535. The zero-order chi connectivity index (χ0) is 24.2. The van der Waals surface area contributed by atoms with Gasteiger partial charge in [0, 0.05) is 41.8 Å². The Kier molecular flexibility index (Phi) is 4.81. The first-order valence-corrected chi connectivity index (χ1v) is 12.5. The second-order valence-electron chi connectivity index (χ2n) is 9.90. The van der Waals surface area contributed by atoms with E-state index in [9.17, 15) is 4.79 Å². The van der Waals surface area contributed by atoms with Crippen molar-refractivity contribution in [2.75, 3.05) is 18.6 Å². The molecule has 3 heterocycles. The van der Waals surface area contributed by atoms with Gasteiger partial charge in [0.1, 0.15) is 0 Å². The molecule has 6 nitrogen and oxygen atoms in total. The van der Waals surface area contributed by atoms with Crippen molar-refractivity contribution in [3.05, 3.63) is 84.8 Å². The van der Waals surface area contributed by atoms with E-state index < -0.39 is 0 Å². The fourth-order valence-corrected chi connectivity index (χ4v) is 6.12. The maximum Gasteiger partial charge on any atom is 0.338 e. The van der Waals surface area contributed by atoms with Gasteiger partial charge in [0.2, 0.25) is 0 Å². The first-order valence-electron chi connectivity index (χ1n) is 12.5. The summed E-state index contributed by atoms with van der Waals surface area (Å²) in [4.78, 5) is 19.7. The summed E-state index contributed by atoms with van der Waals surface area (Å²) in [5, 5.41) is 6.44. The molecule has 1 aliphatic heterocycles. The zero-order valence-corrected chi connectivity index (χ0v) is 20.1. The fourth-order valence-electron chi connectivity index (χ4n) is 6.12. The van der Waals surface area contributed by atoms with Crippen LogP contribution in [-0.4, -0.2) is 40.3 Å². The number of carbonyl (C=O) groups is 1. The number of nitrogens with zero attached hydrogens (tertiary/aromatic N) is 4. The molecule has 6 heteroatoms. The first-order chi connectivity index (χ1) is 17.7. The molecule has 36 heavy (non-hydrogen) atoms. The van der Waals surface area contributed by atoms with E-state index in [-0.39, 0.29) is 5.97 Å². The Labute approximate surface area is 209 Å². The van der Waals surface area contributed by atoms with Crippen LogP contribution in [-0.2, 0) is 4.74 Å². The van der Waals surface area contributed by atoms with Crippen molar-refractivity contribution in [3.8, 4) is 22.3 Å². The summed E-state index contributed by atoms with van der Waals surface area (Å²) >= 11 is 0. The van der Waals surface area contributed by atoms with Crippen LogP contribution >= 0.6 is 0 Å². The number of ether oxygens (including phenoxy) is 1. The van der Waals surface area contributed by atoms with Gasteiger partial charge < -0.3 is 9.64 Å². The summed E-state index contributed by atoms with van der Waals surface area (Å²) in [7, 11) is 1.40. The molecule has 2 aliphatic rings. The highest BCUT2D eigenvalue weighted by atomic mass is 16.5. The van der Waals surface area contributed by atoms with Gasteiger partial charge in [-0.25, -0.2) is 14.3 Å². The fraction of sp³-hybridized carbons (Fsp3) is 0.233. The standard InChI is InChI=1S/C30H26N4O2/c1-36-30(35)27-13-12-26(24-4-2-3-5-25(24)27)28-16-32-34-18-21(15-31-29(28)34)20-7-10-22(11-8-20)33-17-19-6-9-23(33)14-19/h2-5,7-8,10-13,15-16,18-19,23H,6,9,14,17H2,1H3/t19-,23+/m0/s1. The van der Waals surface area contributed by atoms with Gasteiger partial charge >= 0.3 is 5.97 Å². The van der Waals surface area contributed by atoms with Gasteiger partial charge in [-0.3, -0.25) is 0 Å². The summed E-state index contributed by atoms with van der Waals surface area (Å²) in [5.41, 5.74) is 6.71. The summed E-state index contributed by atoms with van der Waals surface area (Å²) < 4.78 is 6.81. The van der Waals surface area contributed by atoms with Crippen molar-refractivity contribution in [3.63, 3.8) is 0 Å². The molecule has 0 amide bonds. The molecule has 0 radical (unpaired) electrons. The number of rotatable bonds is 4. The Morgan fingerprint density at radius 2 is 1.75 bits per heavy atom. The Morgan fingerprint density at radius 1 is 0.917 bits per heavy atom. The van der Waals surface area contributed by atoms with E-state index in [1.54, 1.807) is 0 Å². The number of aromatic nitrogens is 3. The summed E-state index contributed by atoms with van der Waals surface area (Å²) in [6.45, 7) is 1.20. The van der Waals surface area contributed by atoms with Crippen molar-refractivity contribution >= 4 is 28.1 Å². The lowest BCUT2D eigenvalue weighted by molar-refractivity contribution is 0.0603. The molecule has 1 saturated heterocycles. The van der Waals surface area contributed by atoms with Gasteiger partial charge in [0.05, 0.1) is 18.9 Å². The van der Waals surface area contributed by atoms with Crippen LogP contribution in [0, 0.1) is 5.92 Å². The molecule has 2 aromatic heterocycles. The highest BCUT2D eigenvalue weighted by Gasteiger charge is 2.37. The first kappa shape index (κ1) is 21.1. The monoisotopic (exact) mass is 474 g/mol. The molecular weight excluding hydrogens is 448 g/mol. The maximum absolute atomic E-state index is 12.3. The number of fused-ring (bicyclic) bond motifs is 4. The molecule has 5 aromatic rings. The SMILES string of the molecule is COC(=O)c1ccc(-c2cnn3cc(-c4ccc(N5C[C@H]6CC[C@@H]5C6)cc4)cnc23)c2ccccc12. The Morgan fingerprint density at radius 3 is 2.50 bits per heavy atom. The molecule has 2 atom stereocenters. The molecule has 2 fully saturated rings. The van der Waals surface area contributed by atoms with Crippen LogP contribution in [0.3, 0.4) is 0 Å². The van der Waals surface area contributed by atoms with Crippen LogP contribution in [0.2, 0.25) is 0 Å². The number of esters is 1. The molecule has 1 saturated carbocycles. The number of methoxy groups -OCH3 is 1. The van der Waals surface area contributed by atoms with E-state index in [4.69, 9.17) is 9.72 Å². The molecule has 178 valence electrons. The topological polar surface area (TPSA) is 59.7 Å². The second-order valence-corrected chi connectivity index (χ2v) is 9.90. The number of piperidine rings is 1. The Bertz CT molecular complexity index is 1620. The van der Waals surface area contributed by atoms with Crippen LogP contribution in [0.25, 0.3) is 38.7 Å². The van der Waals surface area contributed by atoms with E-state index in [1.807, 2.05) is 59.5 Å². The lowest BCUT2D eigenvalue weighted by Gasteiger charge is -2.29. The average molecular weight is 475 g/mol. The minimum atomic E-state index is -0.344. The molecule has 3 aromatic carbocycles. The van der Waals surface area contributed by atoms with Gasteiger partial charge in [0.25, 0.3) is 0 Å². The van der Waals surface area contributed by atoms with Crippen LogP contribution < -0.4 is 4.90 Å². The lowest BCUT2D eigenvalue weighted by Crippen LogP contribution is -2.31. The van der Waals surface area contributed by atoms with Crippen molar-refractivity contribution in [2.45, 2.75) is 25.3 Å². The van der Waals surface area contributed by atoms with Crippen LogP contribution in [0.1, 0.15) is 29.6 Å². The number of hydrogen-bond donors (Lipinski definition) is 0. The van der Waals surface area contributed by atoms with E-state index in [0.29, 0.717) is 5.56 Å². The highest BCUT2D eigenvalue weighted by Crippen LogP contribution is 2.40. The van der Waals surface area contributed by atoms with E-state index in [0.717, 1.165) is 50.6 Å². The molecular formula is C30H26N4O2. The number of carbonyl (C=O) groups excluding carboxylic acids is 1. The third-order valence-electron chi connectivity index (χ3n) is 7.92. The van der Waals surface area contributed by atoms with E-state index >= 15 is 0 Å². The van der Waals surface area contributed by atoms with Gasteiger partial charge in [-0.2, -0.15) is 5.10 Å². The van der Waals surface area contributed by atoms with Gasteiger partial charge in [0.15, 0.2) is 5.65 Å². The van der Waals surface area contributed by atoms with Crippen molar-refractivity contribution in [1.82, 2.24) is 14.6 Å². The molecule has 0 spiro atoms. The van der Waals surface area contributed by atoms with Crippen molar-refractivity contribution < 1.29 is 9.53 Å². The molecule has 7 rings (SSSR count). The third kappa shape index (κ3) is 3.28. The predicted octanol–water partition coefficient (Wildman–Crippen LogP) is 5.99. The summed E-state index contributed by atoms with van der Waals surface area (Å²) in [6, 6.07) is 21.2. The second kappa shape index (κ2) is 8.19. The van der Waals surface area contributed by atoms with Gasteiger partial charge in [-0.15, -0.1) is 0 Å². The predicted molar refractivity (Wildman–Crippen MR) is 141 cm³/mol. The smallest absolute Gasteiger partial charge is 0.338 e. The van der Waals surface area contributed by atoms with Crippen LogP contribution in [0.4, 0.5) is 5.69 Å². The number of benzene rings is 3. The van der Waals surface area contributed by atoms with E-state index in [1.165, 1.54) is 38.6 Å². The van der Waals surface area contributed by atoms with Crippen molar-refractivity contribution in [1.29, 1.82) is 0 Å². The summed E-state index contributed by atoms with van der Waals surface area (Å²) in [6.07, 6.45) is 9.86. The van der Waals surface area contributed by atoms with E-state index in [2.05, 4.69) is 34.3 Å². The largest absolute Gasteiger partial charge is 0.465 e. The van der Waals surface area contributed by atoms with Gasteiger partial charge in [-0.1, -0.05) is 42.5 Å². The quantitative estimate of drug-likeness (QED) is 0.299. The molecule has 2 bridgehead atoms. The average Bonchev–Trinajstić information content (AvgIpc) is 3.68. The van der Waals surface area contributed by atoms with Gasteiger partial charge in [-0.05, 0) is 65.3 Å². The van der Waals surface area contributed by atoms with Crippen molar-refractivity contribution in [2.24, 2.45) is 5.92 Å².